The van der Waals surface area contributed by atoms with Crippen LogP contribution in [0, 0.1) is 0 Å². The first-order chi connectivity index (χ1) is 14.9. The van der Waals surface area contributed by atoms with Crippen molar-refractivity contribution < 1.29 is 24.9 Å². The number of carbonyl (C=O) groups is 1. The van der Waals surface area contributed by atoms with Crippen LogP contribution in [0.1, 0.15) is 34.6 Å². The number of phenolic OH excluding ortho intramolecular Hbond substituents is 3. The number of fused-ring (bicyclic) bond motifs is 2. The van der Waals surface area contributed by atoms with Crippen molar-refractivity contribution >= 4 is 12.0 Å². The fourth-order valence-electron chi connectivity index (χ4n) is 4.39. The summed E-state index contributed by atoms with van der Waals surface area (Å²) in [5, 5.41) is 29.4. The first kappa shape index (κ1) is 21.1. The summed E-state index contributed by atoms with van der Waals surface area (Å²) in [5.74, 6) is 0.678. The normalized spacial score (nSPS) is 17.2. The average molecular weight is 424 g/mol. The molecule has 7 heteroatoms. The highest BCUT2D eigenvalue weighted by atomic mass is 16.5. The predicted octanol–water partition coefficient (Wildman–Crippen LogP) is 2.83. The summed E-state index contributed by atoms with van der Waals surface area (Å²) < 4.78 is 5.17. The predicted molar refractivity (Wildman–Crippen MR) is 117 cm³/mol. The highest BCUT2D eigenvalue weighted by molar-refractivity contribution is 5.84. The Morgan fingerprint density at radius 1 is 1.10 bits per heavy atom. The van der Waals surface area contributed by atoms with Gasteiger partial charge in [-0.25, -0.2) is 0 Å². The van der Waals surface area contributed by atoms with E-state index in [1.54, 1.807) is 24.3 Å². The number of benzene rings is 2. The largest absolute Gasteiger partial charge is 0.504 e. The molecule has 2 aliphatic rings. The van der Waals surface area contributed by atoms with Gasteiger partial charge in [0.1, 0.15) is 0 Å². The van der Waals surface area contributed by atoms with E-state index in [9.17, 15) is 20.1 Å². The molecule has 0 saturated carbocycles. The highest BCUT2D eigenvalue weighted by Crippen LogP contribution is 2.42. The number of hydrogen-bond donors (Lipinski definition) is 3. The Morgan fingerprint density at radius 2 is 1.87 bits per heavy atom. The molecule has 3 N–H and O–H groups in total. The summed E-state index contributed by atoms with van der Waals surface area (Å²) in [6.07, 6.45) is 5.55. The van der Waals surface area contributed by atoms with Crippen molar-refractivity contribution in [2.75, 3.05) is 33.8 Å². The number of rotatable bonds is 7. The lowest BCUT2D eigenvalue weighted by Gasteiger charge is -2.34. The van der Waals surface area contributed by atoms with E-state index < -0.39 is 0 Å². The van der Waals surface area contributed by atoms with E-state index in [0.29, 0.717) is 23.8 Å². The fraction of sp³-hybridized carbons (Fsp3) is 0.375. The molecule has 2 aromatic rings. The molecule has 0 bridgehead atoms. The van der Waals surface area contributed by atoms with Gasteiger partial charge in [0.2, 0.25) is 5.91 Å². The zero-order valence-electron chi connectivity index (χ0n) is 17.8. The quantitative estimate of drug-likeness (QED) is 0.592. The SMILES string of the molecule is COc1cc2c(cc1O)[C@@H](CN(C)CCCN1C=Cc3cc(O)c(O)cc3CC1=O)C2. The van der Waals surface area contributed by atoms with Gasteiger partial charge in [-0.3, -0.25) is 4.79 Å². The minimum Gasteiger partial charge on any atom is -0.504 e. The number of methoxy groups -OCH3 is 1. The lowest BCUT2D eigenvalue weighted by Crippen LogP contribution is -2.34. The molecule has 7 nitrogen and oxygen atoms in total. The maximum Gasteiger partial charge on any atom is 0.230 e. The van der Waals surface area contributed by atoms with Crippen LogP contribution in [0.2, 0.25) is 0 Å². The molecule has 31 heavy (non-hydrogen) atoms. The van der Waals surface area contributed by atoms with Gasteiger partial charge in [-0.15, -0.1) is 0 Å². The van der Waals surface area contributed by atoms with E-state index in [4.69, 9.17) is 4.74 Å². The number of hydrogen-bond acceptors (Lipinski definition) is 6. The molecule has 2 aromatic carbocycles. The third kappa shape index (κ3) is 4.32. The van der Waals surface area contributed by atoms with E-state index in [-0.39, 0.29) is 29.6 Å². The summed E-state index contributed by atoms with van der Waals surface area (Å²) >= 11 is 0. The second-order valence-corrected chi connectivity index (χ2v) is 8.36. The lowest BCUT2D eigenvalue weighted by molar-refractivity contribution is -0.127. The van der Waals surface area contributed by atoms with Crippen LogP contribution in [0.25, 0.3) is 6.08 Å². The first-order valence-electron chi connectivity index (χ1n) is 10.5. The fourth-order valence-corrected chi connectivity index (χ4v) is 4.39. The topological polar surface area (TPSA) is 93.5 Å². The van der Waals surface area contributed by atoms with Crippen LogP contribution < -0.4 is 4.74 Å². The number of likely N-dealkylation sites (N-methyl/N-ethyl adjacent to an activating group) is 1. The molecule has 1 amide bonds. The summed E-state index contributed by atoms with van der Waals surface area (Å²) in [4.78, 5) is 16.5. The van der Waals surface area contributed by atoms with Crippen LogP contribution in [0.15, 0.2) is 30.5 Å². The Hall–Kier alpha value is -3.19. The maximum absolute atomic E-state index is 12.6. The lowest BCUT2D eigenvalue weighted by atomic mass is 9.77. The van der Waals surface area contributed by atoms with Crippen LogP contribution in [0.4, 0.5) is 0 Å². The van der Waals surface area contributed by atoms with E-state index in [2.05, 4.69) is 11.9 Å². The van der Waals surface area contributed by atoms with E-state index >= 15 is 0 Å². The average Bonchev–Trinajstić information content (AvgIpc) is 2.87. The van der Waals surface area contributed by atoms with Gasteiger partial charge in [-0.05, 0) is 79.0 Å². The number of carbonyl (C=O) groups excluding carboxylic acids is 1. The second-order valence-electron chi connectivity index (χ2n) is 8.36. The molecular weight excluding hydrogens is 396 g/mol. The van der Waals surface area contributed by atoms with Crippen LogP contribution in [-0.4, -0.2) is 64.8 Å². The van der Waals surface area contributed by atoms with Gasteiger partial charge in [-0.2, -0.15) is 0 Å². The standard InChI is InChI=1S/C24H28N2O5/c1-25(14-18-8-17-11-23(31-2)22(29)13-19(17)18)5-3-6-26-7-4-15-9-20(27)21(28)10-16(15)12-24(26)30/h4,7,9-11,13,18,27-29H,3,5-6,8,12,14H2,1-2H3/t18-/m1/s1. The summed E-state index contributed by atoms with van der Waals surface area (Å²) in [7, 11) is 3.63. The molecule has 0 spiro atoms. The van der Waals surface area contributed by atoms with Crippen molar-refractivity contribution in [3.05, 3.63) is 52.7 Å². The van der Waals surface area contributed by atoms with Gasteiger partial charge < -0.3 is 29.9 Å². The van der Waals surface area contributed by atoms with Gasteiger partial charge in [0.25, 0.3) is 0 Å². The Balaban J connectivity index is 1.28. The summed E-state index contributed by atoms with van der Waals surface area (Å²) in [6.45, 7) is 2.34. The van der Waals surface area contributed by atoms with Gasteiger partial charge in [0.15, 0.2) is 23.0 Å². The second kappa shape index (κ2) is 8.51. The first-order valence-corrected chi connectivity index (χ1v) is 10.5. The molecule has 0 aromatic heterocycles. The number of phenols is 3. The van der Waals surface area contributed by atoms with Gasteiger partial charge in [-0.1, -0.05) is 0 Å². The molecule has 1 aliphatic carbocycles. The zero-order valence-corrected chi connectivity index (χ0v) is 17.8. The minimum atomic E-state index is -0.209. The van der Waals surface area contributed by atoms with Crippen LogP contribution in [0.5, 0.6) is 23.0 Å². The summed E-state index contributed by atoms with van der Waals surface area (Å²) in [5.41, 5.74) is 3.86. The van der Waals surface area contributed by atoms with Gasteiger partial charge in [0.05, 0.1) is 13.5 Å². The summed E-state index contributed by atoms with van der Waals surface area (Å²) in [6, 6.07) is 6.66. The van der Waals surface area contributed by atoms with Crippen molar-refractivity contribution in [3.63, 3.8) is 0 Å². The molecule has 1 heterocycles. The third-order valence-corrected chi connectivity index (χ3v) is 6.15. The monoisotopic (exact) mass is 424 g/mol. The van der Waals surface area contributed by atoms with Crippen molar-refractivity contribution in [1.82, 2.24) is 9.80 Å². The molecule has 164 valence electrons. The molecule has 1 aliphatic heterocycles. The molecular formula is C24H28N2O5. The van der Waals surface area contributed by atoms with Gasteiger partial charge >= 0.3 is 0 Å². The minimum absolute atomic E-state index is 0.0277. The molecule has 0 radical (unpaired) electrons. The molecule has 1 atom stereocenters. The van der Waals surface area contributed by atoms with E-state index in [1.165, 1.54) is 23.3 Å². The van der Waals surface area contributed by atoms with E-state index in [1.807, 2.05) is 12.1 Å². The molecule has 4 rings (SSSR count). The van der Waals surface area contributed by atoms with Crippen molar-refractivity contribution in [2.45, 2.75) is 25.2 Å². The highest BCUT2D eigenvalue weighted by Gasteiger charge is 2.29. The molecule has 0 fully saturated rings. The number of aromatic hydroxyl groups is 3. The van der Waals surface area contributed by atoms with Crippen molar-refractivity contribution in [3.8, 4) is 23.0 Å². The number of amides is 1. The Morgan fingerprint density at radius 3 is 2.65 bits per heavy atom. The Labute approximate surface area is 181 Å². The molecule has 0 unspecified atom stereocenters. The maximum atomic E-state index is 12.6. The van der Waals surface area contributed by atoms with Crippen molar-refractivity contribution in [2.24, 2.45) is 0 Å². The van der Waals surface area contributed by atoms with Crippen LogP contribution in [-0.2, 0) is 17.6 Å². The van der Waals surface area contributed by atoms with Crippen LogP contribution >= 0.6 is 0 Å². The Kier molecular flexibility index (Phi) is 5.78. The third-order valence-electron chi connectivity index (χ3n) is 6.15. The number of nitrogens with zero attached hydrogens (tertiary/aromatic N) is 2. The zero-order chi connectivity index (χ0) is 22.1. The van der Waals surface area contributed by atoms with Crippen molar-refractivity contribution in [1.29, 1.82) is 0 Å². The number of ether oxygens (including phenoxy) is 1. The van der Waals surface area contributed by atoms with E-state index in [0.717, 1.165) is 31.5 Å². The van der Waals surface area contributed by atoms with Gasteiger partial charge in [0, 0.05) is 25.2 Å². The molecule has 0 saturated heterocycles. The van der Waals surface area contributed by atoms with Crippen LogP contribution in [0.3, 0.4) is 0 Å². The Bertz CT molecular complexity index is 1030. The smallest absolute Gasteiger partial charge is 0.230 e.